The fraction of sp³-hybridized carbons (Fsp3) is 0.857. The minimum Gasteiger partial charge on any atom is -0.481 e. The van der Waals surface area contributed by atoms with Gasteiger partial charge in [-0.3, -0.25) is 9.59 Å². The van der Waals surface area contributed by atoms with Crippen molar-refractivity contribution in [1.82, 2.24) is 5.32 Å². The van der Waals surface area contributed by atoms with E-state index in [2.05, 4.69) is 5.32 Å². The lowest BCUT2D eigenvalue weighted by atomic mass is 9.75. The number of carbonyl (C=O) groups excluding carboxylic acids is 1. The Morgan fingerprint density at radius 1 is 1.26 bits per heavy atom. The van der Waals surface area contributed by atoms with Crippen molar-refractivity contribution in [2.45, 2.75) is 56.5 Å². The van der Waals surface area contributed by atoms with E-state index in [4.69, 9.17) is 5.73 Å². The van der Waals surface area contributed by atoms with Crippen LogP contribution in [0.5, 0.6) is 0 Å². The van der Waals surface area contributed by atoms with Crippen molar-refractivity contribution in [3.05, 3.63) is 0 Å². The van der Waals surface area contributed by atoms with Gasteiger partial charge in [0.25, 0.3) is 0 Å². The first-order valence-corrected chi connectivity index (χ1v) is 7.30. The number of hydrogen-bond donors (Lipinski definition) is 3. The lowest BCUT2D eigenvalue weighted by Gasteiger charge is -2.38. The Bertz CT molecular complexity index is 405. The molecule has 2 bridgehead atoms. The van der Waals surface area contributed by atoms with Gasteiger partial charge in [-0.25, -0.2) is 0 Å². The van der Waals surface area contributed by atoms with Crippen LogP contribution in [0.25, 0.3) is 0 Å². The average molecular weight is 266 g/mol. The van der Waals surface area contributed by atoms with Crippen LogP contribution in [0.3, 0.4) is 0 Å². The third-order valence-electron chi connectivity index (χ3n) is 5.39. The van der Waals surface area contributed by atoms with Gasteiger partial charge in [0.1, 0.15) is 0 Å². The summed E-state index contributed by atoms with van der Waals surface area (Å²) < 4.78 is 0. The molecule has 0 spiro atoms. The van der Waals surface area contributed by atoms with Crippen LogP contribution in [-0.2, 0) is 9.59 Å². The molecule has 106 valence electrons. The van der Waals surface area contributed by atoms with E-state index in [1.165, 1.54) is 0 Å². The zero-order valence-corrected chi connectivity index (χ0v) is 11.1. The van der Waals surface area contributed by atoms with Crippen molar-refractivity contribution in [3.63, 3.8) is 0 Å². The van der Waals surface area contributed by atoms with Crippen LogP contribution in [0.2, 0.25) is 0 Å². The number of carbonyl (C=O) groups is 2. The van der Waals surface area contributed by atoms with E-state index in [0.717, 1.165) is 38.5 Å². The molecule has 5 nitrogen and oxygen atoms in total. The van der Waals surface area contributed by atoms with Crippen molar-refractivity contribution in [1.29, 1.82) is 0 Å². The average Bonchev–Trinajstić information content (AvgIpc) is 2.86. The predicted octanol–water partition coefficient (Wildman–Crippen LogP) is 0.873. The molecule has 3 aliphatic rings. The summed E-state index contributed by atoms with van der Waals surface area (Å²) in [4.78, 5) is 23.4. The molecule has 5 heteroatoms. The third kappa shape index (κ3) is 2.24. The monoisotopic (exact) mass is 266 g/mol. The van der Waals surface area contributed by atoms with Crippen LogP contribution in [0.1, 0.15) is 44.9 Å². The maximum absolute atomic E-state index is 12.1. The number of carboxylic acids is 1. The quantitative estimate of drug-likeness (QED) is 0.704. The molecule has 0 aliphatic heterocycles. The Morgan fingerprint density at radius 3 is 2.53 bits per heavy atom. The van der Waals surface area contributed by atoms with Crippen LogP contribution in [0.15, 0.2) is 0 Å². The highest BCUT2D eigenvalue weighted by atomic mass is 16.4. The number of fused-ring (bicyclic) bond motifs is 2. The second-order valence-electron chi connectivity index (χ2n) is 6.68. The number of rotatable bonds is 4. The summed E-state index contributed by atoms with van der Waals surface area (Å²) >= 11 is 0. The zero-order chi connectivity index (χ0) is 13.6. The van der Waals surface area contributed by atoms with Gasteiger partial charge in [0.05, 0.1) is 5.92 Å². The minimum absolute atomic E-state index is 0.0639. The Morgan fingerprint density at radius 2 is 1.95 bits per heavy atom. The number of aliphatic carboxylic acids is 1. The smallest absolute Gasteiger partial charge is 0.308 e. The van der Waals surface area contributed by atoms with Crippen molar-refractivity contribution in [2.75, 3.05) is 0 Å². The minimum atomic E-state index is -0.761. The highest BCUT2D eigenvalue weighted by Crippen LogP contribution is 2.48. The molecule has 4 atom stereocenters. The van der Waals surface area contributed by atoms with Crippen molar-refractivity contribution < 1.29 is 14.7 Å². The Labute approximate surface area is 112 Å². The third-order valence-corrected chi connectivity index (χ3v) is 5.39. The van der Waals surface area contributed by atoms with Gasteiger partial charge in [0.2, 0.25) is 5.91 Å². The van der Waals surface area contributed by atoms with Gasteiger partial charge in [0, 0.05) is 18.0 Å². The molecule has 0 aromatic heterocycles. The number of nitrogens with one attached hydrogen (secondary N) is 1. The van der Waals surface area contributed by atoms with Gasteiger partial charge in [-0.15, -0.1) is 0 Å². The molecule has 0 heterocycles. The fourth-order valence-corrected chi connectivity index (χ4v) is 4.22. The van der Waals surface area contributed by atoms with Gasteiger partial charge in [-0.05, 0) is 50.4 Å². The summed E-state index contributed by atoms with van der Waals surface area (Å²) in [6, 6.07) is -0.174. The zero-order valence-electron chi connectivity index (χ0n) is 11.1. The van der Waals surface area contributed by atoms with Crippen molar-refractivity contribution >= 4 is 11.9 Å². The molecule has 3 aliphatic carbocycles. The van der Waals surface area contributed by atoms with Crippen LogP contribution in [0, 0.1) is 17.8 Å². The largest absolute Gasteiger partial charge is 0.481 e. The molecule has 19 heavy (non-hydrogen) atoms. The highest BCUT2D eigenvalue weighted by molar-refractivity contribution is 5.80. The first-order valence-electron chi connectivity index (χ1n) is 7.30. The first kappa shape index (κ1) is 12.9. The Balaban J connectivity index is 1.62. The van der Waals surface area contributed by atoms with Crippen LogP contribution in [-0.4, -0.2) is 28.6 Å². The maximum atomic E-state index is 12.1. The van der Waals surface area contributed by atoms with Crippen molar-refractivity contribution in [2.24, 2.45) is 23.5 Å². The van der Waals surface area contributed by atoms with E-state index < -0.39 is 11.9 Å². The summed E-state index contributed by atoms with van der Waals surface area (Å²) in [7, 11) is 0. The predicted molar refractivity (Wildman–Crippen MR) is 69.3 cm³/mol. The summed E-state index contributed by atoms with van der Waals surface area (Å²) in [5, 5.41) is 12.3. The SMILES string of the molecule is NC1(CC(=O)NC2C3CCC(C3)C2C(=O)O)CCC1. The summed E-state index contributed by atoms with van der Waals surface area (Å²) in [6.45, 7) is 0. The number of carboxylic acid groups (broad SMARTS) is 1. The molecule has 3 rings (SSSR count). The van der Waals surface area contributed by atoms with Crippen molar-refractivity contribution in [3.8, 4) is 0 Å². The molecular weight excluding hydrogens is 244 g/mol. The van der Waals surface area contributed by atoms with Gasteiger partial charge in [0.15, 0.2) is 0 Å². The first-order chi connectivity index (χ1) is 8.98. The van der Waals surface area contributed by atoms with Crippen LogP contribution >= 0.6 is 0 Å². The molecule has 0 radical (unpaired) electrons. The van der Waals surface area contributed by atoms with E-state index in [-0.39, 0.29) is 23.4 Å². The molecule has 1 amide bonds. The summed E-state index contributed by atoms with van der Waals surface area (Å²) in [5.41, 5.74) is 5.74. The molecule has 3 saturated carbocycles. The number of nitrogens with two attached hydrogens (primary N) is 1. The molecule has 0 saturated heterocycles. The molecule has 0 aromatic carbocycles. The lowest BCUT2D eigenvalue weighted by Crippen LogP contribution is -2.53. The molecule has 4 N–H and O–H groups in total. The van der Waals surface area contributed by atoms with Gasteiger partial charge in [-0.2, -0.15) is 0 Å². The molecule has 4 unspecified atom stereocenters. The highest BCUT2D eigenvalue weighted by Gasteiger charge is 2.51. The Kier molecular flexibility index (Phi) is 3.04. The maximum Gasteiger partial charge on any atom is 0.308 e. The van der Waals surface area contributed by atoms with E-state index in [9.17, 15) is 14.7 Å². The lowest BCUT2D eigenvalue weighted by molar-refractivity contribution is -0.144. The van der Waals surface area contributed by atoms with E-state index in [0.29, 0.717) is 12.3 Å². The molecular formula is C14H22N2O3. The van der Waals surface area contributed by atoms with E-state index >= 15 is 0 Å². The number of hydrogen-bond acceptors (Lipinski definition) is 3. The molecule has 0 aromatic rings. The van der Waals surface area contributed by atoms with Gasteiger partial charge < -0.3 is 16.2 Å². The van der Waals surface area contributed by atoms with Gasteiger partial charge in [-0.1, -0.05) is 0 Å². The second-order valence-corrected chi connectivity index (χ2v) is 6.68. The molecule has 3 fully saturated rings. The topological polar surface area (TPSA) is 92.4 Å². The Hall–Kier alpha value is -1.10. The summed E-state index contributed by atoms with van der Waals surface area (Å²) in [6.07, 6.45) is 6.24. The van der Waals surface area contributed by atoms with E-state index in [1.807, 2.05) is 0 Å². The summed E-state index contributed by atoms with van der Waals surface area (Å²) in [5.74, 6) is -0.610. The van der Waals surface area contributed by atoms with Crippen LogP contribution in [0.4, 0.5) is 0 Å². The standard InChI is InChI=1S/C14H22N2O3/c15-14(4-1-5-14)7-10(17)16-12-9-3-2-8(6-9)11(12)13(18)19/h8-9,11-12H,1-7,15H2,(H,16,17)(H,18,19). The van der Waals surface area contributed by atoms with Gasteiger partial charge >= 0.3 is 5.97 Å². The number of amides is 1. The van der Waals surface area contributed by atoms with Crippen LogP contribution < -0.4 is 11.1 Å². The second kappa shape index (κ2) is 4.47. The normalized spacial score (nSPS) is 38.8. The van der Waals surface area contributed by atoms with E-state index in [1.54, 1.807) is 0 Å². The fourth-order valence-electron chi connectivity index (χ4n) is 4.22.